The van der Waals surface area contributed by atoms with Crippen LogP contribution >= 0.6 is 11.6 Å². The third kappa shape index (κ3) is 2.10. The van der Waals surface area contributed by atoms with E-state index >= 15 is 0 Å². The number of carbonyl (C=O) groups is 1. The molecule has 1 aliphatic rings. The van der Waals surface area contributed by atoms with Crippen LogP contribution in [0.2, 0.25) is 5.02 Å². The van der Waals surface area contributed by atoms with Gasteiger partial charge in [0.25, 0.3) is 0 Å². The highest BCUT2D eigenvalue weighted by atomic mass is 35.5. The molecule has 1 atom stereocenters. The molecule has 1 heterocycles. The summed E-state index contributed by atoms with van der Waals surface area (Å²) in [5.41, 5.74) is 3.55. The van der Waals surface area contributed by atoms with Crippen molar-refractivity contribution >= 4 is 17.4 Å². The molecule has 0 saturated carbocycles. The lowest BCUT2D eigenvalue weighted by atomic mass is 9.89. The van der Waals surface area contributed by atoms with Gasteiger partial charge in [0.2, 0.25) is 0 Å². The highest BCUT2D eigenvalue weighted by molar-refractivity contribution is 6.31. The van der Waals surface area contributed by atoms with Gasteiger partial charge in [-0.15, -0.1) is 0 Å². The molecule has 0 fully saturated rings. The van der Waals surface area contributed by atoms with Crippen LogP contribution in [0.5, 0.6) is 5.75 Å². The maximum absolute atomic E-state index is 12.8. The number of carbonyl (C=O) groups excluding carboxylic acids is 1. The van der Waals surface area contributed by atoms with Crippen molar-refractivity contribution in [2.75, 3.05) is 6.61 Å². The van der Waals surface area contributed by atoms with Gasteiger partial charge in [-0.2, -0.15) is 0 Å². The van der Waals surface area contributed by atoms with E-state index in [1.165, 1.54) is 0 Å². The molecule has 0 N–H and O–H groups in total. The molecule has 0 spiro atoms. The molecule has 0 bridgehead atoms. The van der Waals surface area contributed by atoms with Crippen LogP contribution in [-0.2, 0) is 0 Å². The van der Waals surface area contributed by atoms with Crippen molar-refractivity contribution in [2.24, 2.45) is 0 Å². The topological polar surface area (TPSA) is 26.3 Å². The van der Waals surface area contributed by atoms with E-state index in [0.29, 0.717) is 11.6 Å². The Morgan fingerprint density at radius 3 is 2.75 bits per heavy atom. The number of halogens is 1. The molecule has 2 aromatic carbocycles. The van der Waals surface area contributed by atoms with Crippen molar-refractivity contribution in [2.45, 2.75) is 19.8 Å². The summed E-state index contributed by atoms with van der Waals surface area (Å²) in [6.07, 6.45) is 0. The summed E-state index contributed by atoms with van der Waals surface area (Å²) < 4.78 is 5.60. The number of rotatable bonds is 2. The third-order valence-corrected chi connectivity index (χ3v) is 4.19. The number of fused-ring (bicyclic) bond motifs is 1. The first kappa shape index (κ1) is 13.2. The van der Waals surface area contributed by atoms with E-state index in [1.54, 1.807) is 0 Å². The summed E-state index contributed by atoms with van der Waals surface area (Å²) >= 11 is 6.10. The summed E-state index contributed by atoms with van der Waals surface area (Å²) in [4.78, 5) is 12.8. The van der Waals surface area contributed by atoms with Crippen LogP contribution in [0.1, 0.15) is 33.0 Å². The zero-order valence-electron chi connectivity index (χ0n) is 11.4. The van der Waals surface area contributed by atoms with Crippen LogP contribution in [0.4, 0.5) is 0 Å². The average molecular weight is 287 g/mol. The Morgan fingerprint density at radius 1 is 1.20 bits per heavy atom. The van der Waals surface area contributed by atoms with E-state index < -0.39 is 0 Å². The van der Waals surface area contributed by atoms with Gasteiger partial charge in [-0.05, 0) is 43.2 Å². The highest BCUT2D eigenvalue weighted by Crippen LogP contribution is 2.36. The lowest BCUT2D eigenvalue weighted by molar-refractivity contribution is 0.0947. The first-order chi connectivity index (χ1) is 9.58. The molecule has 2 aromatic rings. The number of ether oxygens (including phenoxy) is 1. The molecule has 0 radical (unpaired) electrons. The van der Waals surface area contributed by atoms with Crippen LogP contribution in [0.3, 0.4) is 0 Å². The molecular formula is C17H15ClO2. The number of ketones is 1. The Bertz CT molecular complexity index is 691. The molecule has 2 nitrogen and oxygen atoms in total. The van der Waals surface area contributed by atoms with Crippen molar-refractivity contribution < 1.29 is 9.53 Å². The number of benzene rings is 2. The zero-order valence-corrected chi connectivity index (χ0v) is 12.2. The molecule has 3 rings (SSSR count). The van der Waals surface area contributed by atoms with E-state index in [9.17, 15) is 4.79 Å². The summed E-state index contributed by atoms with van der Waals surface area (Å²) in [5.74, 6) is 0.701. The van der Waals surface area contributed by atoms with Gasteiger partial charge in [-0.1, -0.05) is 29.8 Å². The van der Waals surface area contributed by atoms with Crippen molar-refractivity contribution in [3.8, 4) is 5.75 Å². The first-order valence-corrected chi connectivity index (χ1v) is 6.98. The molecule has 1 unspecified atom stereocenters. The maximum atomic E-state index is 12.8. The Morgan fingerprint density at radius 2 is 1.95 bits per heavy atom. The summed E-state index contributed by atoms with van der Waals surface area (Å²) in [6, 6.07) is 11.5. The monoisotopic (exact) mass is 286 g/mol. The van der Waals surface area contributed by atoms with Crippen LogP contribution in [-0.4, -0.2) is 12.4 Å². The fourth-order valence-corrected chi connectivity index (χ4v) is 2.83. The van der Waals surface area contributed by atoms with Crippen molar-refractivity contribution in [1.29, 1.82) is 0 Å². The Hall–Kier alpha value is -1.80. The highest BCUT2D eigenvalue weighted by Gasteiger charge is 2.31. The third-order valence-electron chi connectivity index (χ3n) is 3.79. The number of Topliss-reactive ketones (excluding diaryl/α,β-unsaturated/α-hetero) is 1. The zero-order chi connectivity index (χ0) is 14.3. The van der Waals surface area contributed by atoms with Crippen LogP contribution in [0, 0.1) is 13.8 Å². The first-order valence-electron chi connectivity index (χ1n) is 6.60. The molecule has 0 amide bonds. The maximum Gasteiger partial charge on any atom is 0.174 e. The Balaban J connectivity index is 2.01. The average Bonchev–Trinajstić information content (AvgIpc) is 2.86. The standard InChI is InChI=1S/C17H15ClO2/c1-10-8-15(18)11(2)7-13(10)17(19)14-9-20-16-6-4-3-5-12(14)16/h3-8,14H,9H2,1-2H3. The van der Waals surface area contributed by atoms with Gasteiger partial charge in [0.1, 0.15) is 12.4 Å². The number of hydrogen-bond donors (Lipinski definition) is 0. The number of aryl methyl sites for hydroxylation is 2. The largest absolute Gasteiger partial charge is 0.492 e. The van der Waals surface area contributed by atoms with Gasteiger partial charge in [-0.25, -0.2) is 0 Å². The smallest absolute Gasteiger partial charge is 0.174 e. The van der Waals surface area contributed by atoms with E-state index in [2.05, 4.69) is 0 Å². The second-order valence-corrected chi connectivity index (χ2v) is 5.59. The van der Waals surface area contributed by atoms with Gasteiger partial charge < -0.3 is 4.74 Å². The van der Waals surface area contributed by atoms with E-state index in [4.69, 9.17) is 16.3 Å². The number of hydrogen-bond acceptors (Lipinski definition) is 2. The Labute approximate surface area is 123 Å². The van der Waals surface area contributed by atoms with Gasteiger partial charge in [0, 0.05) is 16.1 Å². The number of para-hydroxylation sites is 1. The molecule has 0 saturated heterocycles. The van der Waals surface area contributed by atoms with Crippen LogP contribution < -0.4 is 4.74 Å². The van der Waals surface area contributed by atoms with E-state index in [1.807, 2.05) is 50.2 Å². The van der Waals surface area contributed by atoms with Crippen LogP contribution in [0.15, 0.2) is 36.4 Å². The van der Waals surface area contributed by atoms with Gasteiger partial charge in [0.15, 0.2) is 5.78 Å². The predicted octanol–water partition coefficient (Wildman–Crippen LogP) is 4.32. The lowest BCUT2D eigenvalue weighted by Gasteiger charge is -2.12. The second-order valence-electron chi connectivity index (χ2n) is 5.18. The van der Waals surface area contributed by atoms with Gasteiger partial charge >= 0.3 is 0 Å². The van der Waals surface area contributed by atoms with E-state index in [-0.39, 0.29) is 11.7 Å². The minimum absolute atomic E-state index is 0.104. The molecule has 0 aliphatic carbocycles. The Kier molecular flexibility index (Phi) is 3.27. The SMILES string of the molecule is Cc1cc(C(=O)C2COc3ccccc32)c(C)cc1Cl. The molecule has 1 aliphatic heterocycles. The summed E-state index contributed by atoms with van der Waals surface area (Å²) in [5, 5.41) is 0.696. The van der Waals surface area contributed by atoms with Crippen molar-refractivity contribution in [1.82, 2.24) is 0 Å². The molecule has 20 heavy (non-hydrogen) atoms. The summed E-state index contributed by atoms with van der Waals surface area (Å²) in [7, 11) is 0. The predicted molar refractivity (Wildman–Crippen MR) is 79.9 cm³/mol. The summed E-state index contributed by atoms with van der Waals surface area (Å²) in [6.45, 7) is 4.25. The van der Waals surface area contributed by atoms with Gasteiger partial charge in [-0.3, -0.25) is 4.79 Å². The molecule has 0 aromatic heterocycles. The normalized spacial score (nSPS) is 16.6. The van der Waals surface area contributed by atoms with E-state index in [0.717, 1.165) is 28.0 Å². The lowest BCUT2D eigenvalue weighted by Crippen LogP contribution is -2.15. The van der Waals surface area contributed by atoms with Crippen LogP contribution in [0.25, 0.3) is 0 Å². The molecule has 3 heteroatoms. The molecular weight excluding hydrogens is 272 g/mol. The quantitative estimate of drug-likeness (QED) is 0.769. The van der Waals surface area contributed by atoms with Gasteiger partial charge in [0.05, 0.1) is 5.92 Å². The fourth-order valence-electron chi connectivity index (χ4n) is 2.61. The fraction of sp³-hybridized carbons (Fsp3) is 0.235. The second kappa shape index (κ2) is 4.95. The minimum Gasteiger partial charge on any atom is -0.492 e. The van der Waals surface area contributed by atoms with Crippen molar-refractivity contribution in [3.63, 3.8) is 0 Å². The molecule has 102 valence electrons. The van der Waals surface area contributed by atoms with Crippen molar-refractivity contribution in [3.05, 3.63) is 63.7 Å². The minimum atomic E-state index is -0.217.